The Labute approximate surface area is 110 Å². The van der Waals surface area contributed by atoms with Crippen molar-refractivity contribution in [2.24, 2.45) is 5.73 Å². The first kappa shape index (κ1) is 12.7. The molecule has 0 radical (unpaired) electrons. The van der Waals surface area contributed by atoms with Gasteiger partial charge in [-0.25, -0.2) is 0 Å². The Morgan fingerprint density at radius 2 is 1.94 bits per heavy atom. The molecular weight excluding hydrogens is 282 g/mol. The first-order valence-corrected chi connectivity index (χ1v) is 6.72. The van der Waals surface area contributed by atoms with E-state index in [0.29, 0.717) is 5.75 Å². The zero-order chi connectivity index (χ0) is 12.5. The van der Waals surface area contributed by atoms with Crippen LogP contribution in [0.25, 0.3) is 0 Å². The Hall–Kier alpha value is -0.740. The Morgan fingerprint density at radius 1 is 1.29 bits per heavy atom. The highest BCUT2D eigenvalue weighted by Crippen LogP contribution is 2.42. The van der Waals surface area contributed by atoms with Crippen molar-refractivity contribution in [3.05, 3.63) is 22.2 Å². The highest BCUT2D eigenvalue weighted by Gasteiger charge is 2.32. The third-order valence-electron chi connectivity index (χ3n) is 3.55. The van der Waals surface area contributed by atoms with Crippen molar-refractivity contribution in [1.82, 2.24) is 0 Å². The van der Waals surface area contributed by atoms with E-state index in [1.165, 1.54) is 6.42 Å². The zero-order valence-corrected chi connectivity index (χ0v) is 11.6. The Balaban J connectivity index is 2.41. The van der Waals surface area contributed by atoms with Gasteiger partial charge in [0.2, 0.25) is 0 Å². The summed E-state index contributed by atoms with van der Waals surface area (Å²) < 4.78 is 5.99. The summed E-state index contributed by atoms with van der Waals surface area (Å²) in [5.74, 6) is 0.861. The third-order valence-corrected chi connectivity index (χ3v) is 4.17. The lowest BCUT2D eigenvalue weighted by atomic mass is 9.77. The van der Waals surface area contributed by atoms with Gasteiger partial charge in [0, 0.05) is 17.2 Å². The molecule has 1 aliphatic rings. The number of ether oxygens (including phenoxy) is 1. The van der Waals surface area contributed by atoms with Crippen LogP contribution in [0.2, 0.25) is 0 Å². The predicted molar refractivity (Wildman–Crippen MR) is 71.3 cm³/mol. The van der Waals surface area contributed by atoms with Crippen LogP contribution < -0.4 is 10.5 Å². The molecule has 0 atom stereocenters. The maximum absolute atomic E-state index is 10.1. The van der Waals surface area contributed by atoms with E-state index in [0.717, 1.165) is 35.7 Å². The van der Waals surface area contributed by atoms with Crippen LogP contribution in [0.15, 0.2) is 16.6 Å². The van der Waals surface area contributed by atoms with Crippen LogP contribution in [0.4, 0.5) is 0 Å². The number of halogens is 1. The Kier molecular flexibility index (Phi) is 3.64. The molecule has 0 unspecified atom stereocenters. The van der Waals surface area contributed by atoms with Crippen molar-refractivity contribution in [3.8, 4) is 11.5 Å². The van der Waals surface area contributed by atoms with E-state index in [1.54, 1.807) is 13.2 Å². The number of phenolic OH excluding ortho intramolecular Hbond substituents is 1. The first-order valence-electron chi connectivity index (χ1n) is 5.93. The highest BCUT2D eigenvalue weighted by atomic mass is 79.9. The second-order valence-electron chi connectivity index (χ2n) is 4.72. The Bertz CT molecular complexity index is 414. The van der Waals surface area contributed by atoms with Crippen molar-refractivity contribution in [2.75, 3.05) is 7.11 Å². The molecule has 1 aliphatic carbocycles. The lowest BCUT2D eigenvalue weighted by Crippen LogP contribution is -2.38. The van der Waals surface area contributed by atoms with Crippen molar-refractivity contribution >= 4 is 15.9 Å². The summed E-state index contributed by atoms with van der Waals surface area (Å²) in [7, 11) is 1.58. The van der Waals surface area contributed by atoms with Gasteiger partial charge >= 0.3 is 0 Å². The molecule has 0 amide bonds. The summed E-state index contributed by atoms with van der Waals surface area (Å²) in [6, 6.07) is 3.52. The fraction of sp³-hybridized carbons (Fsp3) is 0.538. The SMILES string of the molecule is COc1cc(O)c(C2(N)CCCCC2)cc1Br. The molecule has 0 aliphatic heterocycles. The number of methoxy groups -OCH3 is 1. The topological polar surface area (TPSA) is 55.5 Å². The van der Waals surface area contributed by atoms with Gasteiger partial charge in [-0.05, 0) is 34.8 Å². The van der Waals surface area contributed by atoms with E-state index in [9.17, 15) is 5.11 Å². The van der Waals surface area contributed by atoms with E-state index in [1.807, 2.05) is 6.07 Å². The van der Waals surface area contributed by atoms with Gasteiger partial charge < -0.3 is 15.6 Å². The number of nitrogens with two attached hydrogens (primary N) is 1. The molecule has 1 aromatic rings. The van der Waals surface area contributed by atoms with Crippen LogP contribution in [0, 0.1) is 0 Å². The molecule has 1 saturated carbocycles. The molecule has 2 rings (SSSR count). The molecule has 0 heterocycles. The summed E-state index contributed by atoms with van der Waals surface area (Å²) >= 11 is 3.44. The molecule has 0 saturated heterocycles. The summed E-state index contributed by atoms with van der Waals surface area (Å²) in [4.78, 5) is 0. The summed E-state index contributed by atoms with van der Waals surface area (Å²) in [6.45, 7) is 0. The fourth-order valence-corrected chi connectivity index (χ4v) is 3.06. The molecule has 17 heavy (non-hydrogen) atoms. The molecule has 0 aromatic heterocycles. The maximum atomic E-state index is 10.1. The molecule has 0 spiro atoms. The van der Waals surface area contributed by atoms with Crippen molar-refractivity contribution < 1.29 is 9.84 Å². The lowest BCUT2D eigenvalue weighted by molar-refractivity contribution is 0.291. The summed E-state index contributed by atoms with van der Waals surface area (Å²) in [5.41, 5.74) is 6.85. The van der Waals surface area contributed by atoms with Crippen molar-refractivity contribution in [2.45, 2.75) is 37.6 Å². The minimum atomic E-state index is -0.392. The van der Waals surface area contributed by atoms with Gasteiger partial charge in [-0.2, -0.15) is 0 Å². The lowest BCUT2D eigenvalue weighted by Gasteiger charge is -2.34. The monoisotopic (exact) mass is 299 g/mol. The molecule has 1 fully saturated rings. The van der Waals surface area contributed by atoms with Crippen LogP contribution >= 0.6 is 15.9 Å². The van der Waals surface area contributed by atoms with E-state index < -0.39 is 5.54 Å². The van der Waals surface area contributed by atoms with E-state index in [4.69, 9.17) is 10.5 Å². The van der Waals surface area contributed by atoms with Crippen LogP contribution in [-0.2, 0) is 5.54 Å². The largest absolute Gasteiger partial charge is 0.507 e. The Morgan fingerprint density at radius 3 is 2.53 bits per heavy atom. The number of phenols is 1. The second kappa shape index (κ2) is 4.86. The molecule has 94 valence electrons. The predicted octanol–water partition coefficient (Wildman–Crippen LogP) is 3.28. The first-order chi connectivity index (χ1) is 8.07. The minimum Gasteiger partial charge on any atom is -0.507 e. The standard InChI is InChI=1S/C13H18BrNO2/c1-17-12-8-11(16)9(7-10(12)14)13(15)5-3-2-4-6-13/h7-8,16H,2-6,15H2,1H3. The van der Waals surface area contributed by atoms with Gasteiger partial charge in [-0.1, -0.05) is 19.3 Å². The van der Waals surface area contributed by atoms with E-state index >= 15 is 0 Å². The smallest absolute Gasteiger partial charge is 0.136 e. The molecule has 0 bridgehead atoms. The number of aromatic hydroxyl groups is 1. The summed E-state index contributed by atoms with van der Waals surface area (Å²) in [5, 5.41) is 10.1. The van der Waals surface area contributed by atoms with Gasteiger partial charge in [-0.15, -0.1) is 0 Å². The normalized spacial score (nSPS) is 19.0. The zero-order valence-electron chi connectivity index (χ0n) is 10.0. The molecule has 4 heteroatoms. The number of rotatable bonds is 2. The van der Waals surface area contributed by atoms with Crippen LogP contribution in [0.1, 0.15) is 37.7 Å². The average molecular weight is 300 g/mol. The van der Waals surface area contributed by atoms with E-state index in [-0.39, 0.29) is 5.75 Å². The van der Waals surface area contributed by atoms with Crippen LogP contribution in [0.3, 0.4) is 0 Å². The maximum Gasteiger partial charge on any atom is 0.136 e. The van der Waals surface area contributed by atoms with Gasteiger partial charge in [0.25, 0.3) is 0 Å². The van der Waals surface area contributed by atoms with Gasteiger partial charge in [0.15, 0.2) is 0 Å². The number of hydrogen-bond acceptors (Lipinski definition) is 3. The van der Waals surface area contributed by atoms with Crippen molar-refractivity contribution in [3.63, 3.8) is 0 Å². The number of hydrogen-bond donors (Lipinski definition) is 2. The summed E-state index contributed by atoms with van der Waals surface area (Å²) in [6.07, 6.45) is 5.34. The van der Waals surface area contributed by atoms with Gasteiger partial charge in [0.1, 0.15) is 11.5 Å². The molecular formula is C13H18BrNO2. The molecule has 1 aromatic carbocycles. The fourth-order valence-electron chi connectivity index (χ4n) is 2.55. The second-order valence-corrected chi connectivity index (χ2v) is 5.58. The average Bonchev–Trinajstić information content (AvgIpc) is 2.32. The quantitative estimate of drug-likeness (QED) is 0.881. The van der Waals surface area contributed by atoms with Crippen LogP contribution in [-0.4, -0.2) is 12.2 Å². The molecule has 3 nitrogen and oxygen atoms in total. The van der Waals surface area contributed by atoms with Crippen LogP contribution in [0.5, 0.6) is 11.5 Å². The van der Waals surface area contributed by atoms with Crippen molar-refractivity contribution in [1.29, 1.82) is 0 Å². The van der Waals surface area contributed by atoms with Gasteiger partial charge in [-0.3, -0.25) is 0 Å². The molecule has 3 N–H and O–H groups in total. The minimum absolute atomic E-state index is 0.231. The highest BCUT2D eigenvalue weighted by molar-refractivity contribution is 9.10. The number of benzene rings is 1. The van der Waals surface area contributed by atoms with Gasteiger partial charge in [0.05, 0.1) is 11.6 Å². The third kappa shape index (κ3) is 2.43. The van der Waals surface area contributed by atoms with E-state index in [2.05, 4.69) is 15.9 Å².